The molecule has 0 unspecified atom stereocenters. The van der Waals surface area contributed by atoms with Crippen LogP contribution in [0.5, 0.6) is 0 Å². The number of hydrogen-bond acceptors (Lipinski definition) is 4. The molecule has 1 aromatic heterocycles. The third-order valence-corrected chi connectivity index (χ3v) is 8.16. The highest BCUT2D eigenvalue weighted by Crippen LogP contribution is 2.35. The van der Waals surface area contributed by atoms with E-state index in [1.807, 2.05) is 26.0 Å². The monoisotopic (exact) mass is 498 g/mol. The summed E-state index contributed by atoms with van der Waals surface area (Å²) in [6, 6.07) is 19.6. The van der Waals surface area contributed by atoms with Gasteiger partial charge in [0.1, 0.15) is 0 Å². The molecule has 3 aromatic rings. The van der Waals surface area contributed by atoms with Gasteiger partial charge in [0.05, 0.1) is 11.4 Å². The first-order valence-electron chi connectivity index (χ1n) is 12.6. The number of amides is 2. The summed E-state index contributed by atoms with van der Waals surface area (Å²) in [5, 5.41) is -0.414. The van der Waals surface area contributed by atoms with Gasteiger partial charge in [-0.05, 0) is 79.8 Å². The Bertz CT molecular complexity index is 1330. The average Bonchev–Trinajstić information content (AvgIpc) is 3.33. The number of benzene rings is 2. The standard InChI is InChI=1S/C30H30N2O3S/c1-20-17-25(21(2)32(20)26-15-13-23(14-16-26)22-9-5-3-6-10-22)18-28-29(34)31(30(35)36-28)19-27(33)24-11-7-4-8-12-24/h4,7-8,11-18,22H,3,5-6,9-10,19H2,1-2H3/b28-18-. The minimum Gasteiger partial charge on any atom is -0.318 e. The number of carbonyl (C=O) groups excluding carboxylic acids is 3. The van der Waals surface area contributed by atoms with Gasteiger partial charge < -0.3 is 4.57 Å². The fourth-order valence-electron chi connectivity index (χ4n) is 5.30. The molecular formula is C30H30N2O3S. The van der Waals surface area contributed by atoms with Gasteiger partial charge in [-0.3, -0.25) is 19.3 Å². The minimum absolute atomic E-state index is 0.252. The number of aromatic nitrogens is 1. The second-order valence-electron chi connectivity index (χ2n) is 9.65. The van der Waals surface area contributed by atoms with Crippen LogP contribution in [0.1, 0.15) is 70.9 Å². The predicted molar refractivity (Wildman–Crippen MR) is 145 cm³/mol. The molecule has 2 amide bonds. The molecular weight excluding hydrogens is 468 g/mol. The third-order valence-electron chi connectivity index (χ3n) is 7.26. The van der Waals surface area contributed by atoms with E-state index >= 15 is 0 Å². The lowest BCUT2D eigenvalue weighted by molar-refractivity contribution is -0.122. The Hall–Kier alpha value is -3.38. The molecule has 6 heteroatoms. The average molecular weight is 499 g/mol. The summed E-state index contributed by atoms with van der Waals surface area (Å²) >= 11 is 0.888. The van der Waals surface area contributed by atoms with E-state index in [-0.39, 0.29) is 12.3 Å². The summed E-state index contributed by atoms with van der Waals surface area (Å²) in [5.74, 6) is -0.00969. The number of ketones is 1. The van der Waals surface area contributed by atoms with Crippen molar-refractivity contribution in [2.45, 2.75) is 51.9 Å². The Labute approximate surface area is 216 Å². The smallest absolute Gasteiger partial charge is 0.293 e. The summed E-state index contributed by atoms with van der Waals surface area (Å²) < 4.78 is 2.18. The number of thioether (sulfide) groups is 1. The van der Waals surface area contributed by atoms with Gasteiger partial charge in [-0.25, -0.2) is 0 Å². The number of carbonyl (C=O) groups is 3. The third kappa shape index (κ3) is 4.82. The fraction of sp³-hybridized carbons (Fsp3) is 0.300. The second-order valence-corrected chi connectivity index (χ2v) is 10.6. The predicted octanol–water partition coefficient (Wildman–Crippen LogP) is 7.06. The zero-order valence-corrected chi connectivity index (χ0v) is 21.5. The summed E-state index contributed by atoms with van der Waals surface area (Å²) in [6.45, 7) is 3.82. The molecule has 0 atom stereocenters. The van der Waals surface area contributed by atoms with Crippen LogP contribution in [-0.2, 0) is 4.79 Å². The van der Waals surface area contributed by atoms with Crippen LogP contribution in [0.2, 0.25) is 0 Å². The van der Waals surface area contributed by atoms with E-state index in [1.54, 1.807) is 30.3 Å². The van der Waals surface area contributed by atoms with Crippen molar-refractivity contribution >= 4 is 34.8 Å². The Morgan fingerprint density at radius 2 is 1.67 bits per heavy atom. The quantitative estimate of drug-likeness (QED) is 0.270. The van der Waals surface area contributed by atoms with Crippen LogP contribution >= 0.6 is 11.8 Å². The van der Waals surface area contributed by atoms with Gasteiger partial charge >= 0.3 is 0 Å². The largest absolute Gasteiger partial charge is 0.318 e. The van der Waals surface area contributed by atoms with Crippen molar-refractivity contribution in [3.63, 3.8) is 0 Å². The first-order chi connectivity index (χ1) is 17.4. The van der Waals surface area contributed by atoms with Crippen LogP contribution in [0, 0.1) is 13.8 Å². The second kappa shape index (κ2) is 10.3. The molecule has 0 radical (unpaired) electrons. The van der Waals surface area contributed by atoms with Crippen molar-refractivity contribution in [3.8, 4) is 5.69 Å². The van der Waals surface area contributed by atoms with Crippen molar-refractivity contribution in [3.05, 3.63) is 93.6 Å². The maximum atomic E-state index is 13.0. The molecule has 2 aromatic carbocycles. The van der Waals surface area contributed by atoms with E-state index in [4.69, 9.17) is 0 Å². The Morgan fingerprint density at radius 1 is 0.972 bits per heavy atom. The van der Waals surface area contributed by atoms with E-state index in [0.717, 1.165) is 39.3 Å². The van der Waals surface area contributed by atoms with Crippen molar-refractivity contribution in [1.82, 2.24) is 9.47 Å². The Balaban J connectivity index is 1.35. The van der Waals surface area contributed by atoms with Crippen LogP contribution in [0.4, 0.5) is 4.79 Å². The van der Waals surface area contributed by atoms with Crippen LogP contribution in [0.3, 0.4) is 0 Å². The van der Waals surface area contributed by atoms with Crippen molar-refractivity contribution in [2.75, 3.05) is 6.54 Å². The molecule has 1 aliphatic heterocycles. The van der Waals surface area contributed by atoms with Crippen LogP contribution in [0.15, 0.2) is 65.6 Å². The van der Waals surface area contributed by atoms with E-state index < -0.39 is 11.1 Å². The number of aryl methyl sites for hydroxylation is 1. The van der Waals surface area contributed by atoms with E-state index in [0.29, 0.717) is 16.4 Å². The molecule has 184 valence electrons. The maximum Gasteiger partial charge on any atom is 0.293 e. The lowest BCUT2D eigenvalue weighted by Crippen LogP contribution is -2.33. The molecule has 1 saturated carbocycles. The first kappa shape index (κ1) is 24.3. The van der Waals surface area contributed by atoms with Gasteiger partial charge in [0.2, 0.25) is 0 Å². The number of rotatable bonds is 6. The fourth-order valence-corrected chi connectivity index (χ4v) is 6.13. The van der Waals surface area contributed by atoms with Crippen molar-refractivity contribution in [1.29, 1.82) is 0 Å². The lowest BCUT2D eigenvalue weighted by Gasteiger charge is -2.22. The van der Waals surface area contributed by atoms with Gasteiger partial charge in [-0.2, -0.15) is 0 Å². The van der Waals surface area contributed by atoms with Gasteiger partial charge in [0.25, 0.3) is 11.1 Å². The number of hydrogen-bond donors (Lipinski definition) is 0. The molecule has 2 fully saturated rings. The molecule has 0 N–H and O–H groups in total. The zero-order chi connectivity index (χ0) is 25.2. The molecule has 5 nitrogen and oxygen atoms in total. The van der Waals surface area contributed by atoms with E-state index in [1.165, 1.54) is 37.7 Å². The van der Waals surface area contributed by atoms with Gasteiger partial charge in [-0.15, -0.1) is 0 Å². The SMILES string of the molecule is Cc1cc(/C=C2\SC(=O)N(CC(=O)c3ccccc3)C2=O)c(C)n1-c1ccc(C2CCCCC2)cc1. The topological polar surface area (TPSA) is 59.4 Å². The van der Waals surface area contributed by atoms with Crippen LogP contribution < -0.4 is 0 Å². The normalized spacial score (nSPS) is 17.8. The molecule has 1 saturated heterocycles. The van der Waals surface area contributed by atoms with E-state index in [9.17, 15) is 14.4 Å². The van der Waals surface area contributed by atoms with Crippen LogP contribution in [-0.4, -0.2) is 32.9 Å². The van der Waals surface area contributed by atoms with Gasteiger partial charge in [0, 0.05) is 22.6 Å². The summed E-state index contributed by atoms with van der Waals surface area (Å²) in [4.78, 5) is 39.5. The minimum atomic E-state index is -0.420. The number of imide groups is 1. The van der Waals surface area contributed by atoms with Gasteiger partial charge in [-0.1, -0.05) is 61.7 Å². The lowest BCUT2D eigenvalue weighted by atomic mass is 9.84. The molecule has 5 rings (SSSR count). The van der Waals surface area contributed by atoms with Gasteiger partial charge in [0.15, 0.2) is 5.78 Å². The summed E-state index contributed by atoms with van der Waals surface area (Å²) in [5.41, 5.74) is 5.95. The van der Waals surface area contributed by atoms with Crippen LogP contribution in [0.25, 0.3) is 11.8 Å². The molecule has 1 aliphatic carbocycles. The molecule has 2 aliphatic rings. The molecule has 0 bridgehead atoms. The summed E-state index contributed by atoms with van der Waals surface area (Å²) in [7, 11) is 0. The maximum absolute atomic E-state index is 13.0. The first-order valence-corrected chi connectivity index (χ1v) is 13.4. The van der Waals surface area contributed by atoms with Crippen molar-refractivity contribution < 1.29 is 14.4 Å². The van der Waals surface area contributed by atoms with E-state index in [2.05, 4.69) is 28.8 Å². The number of nitrogens with zero attached hydrogens (tertiary/aromatic N) is 2. The Morgan fingerprint density at radius 3 is 2.36 bits per heavy atom. The molecule has 2 heterocycles. The highest BCUT2D eigenvalue weighted by atomic mass is 32.2. The highest BCUT2D eigenvalue weighted by Gasteiger charge is 2.36. The van der Waals surface area contributed by atoms with Crippen molar-refractivity contribution in [2.24, 2.45) is 0 Å². The molecule has 36 heavy (non-hydrogen) atoms. The highest BCUT2D eigenvalue weighted by molar-refractivity contribution is 8.18. The number of Topliss-reactive ketones (excluding diaryl/α,β-unsaturated/α-hetero) is 1. The summed E-state index contributed by atoms with van der Waals surface area (Å²) in [6.07, 6.45) is 8.30. The Kier molecular flexibility index (Phi) is 6.97. The zero-order valence-electron chi connectivity index (χ0n) is 20.7. The molecule has 0 spiro atoms.